The zero-order valence-corrected chi connectivity index (χ0v) is 68.2. The molecule has 600 valence electrons. The Morgan fingerprint density at radius 1 is 0.287 bits per heavy atom. The molecule has 0 bridgehead atoms. The third-order valence-electron chi connectivity index (χ3n) is 19.5. The number of carbonyl (C=O) groups is 4. The summed E-state index contributed by atoms with van der Waals surface area (Å²) in [4.78, 5) is 73.0. The van der Waals surface area contributed by atoms with Crippen LogP contribution in [0, 0.1) is 17.8 Å². The molecule has 0 spiro atoms. The molecule has 17 nitrogen and oxygen atoms in total. The van der Waals surface area contributed by atoms with Crippen LogP contribution in [0.15, 0.2) is 0 Å². The van der Waals surface area contributed by atoms with Crippen LogP contribution in [0.1, 0.15) is 427 Å². The molecule has 3 N–H and O–H groups in total. The number of unbranched alkanes of at least 4 members (excludes halogenated alkanes) is 47. The molecule has 0 aromatic carbocycles. The van der Waals surface area contributed by atoms with Crippen molar-refractivity contribution in [1.29, 1.82) is 0 Å². The first-order valence-electron chi connectivity index (χ1n) is 42.4. The molecule has 3 unspecified atom stereocenters. The summed E-state index contributed by atoms with van der Waals surface area (Å²) >= 11 is 0. The highest BCUT2D eigenvalue weighted by Gasteiger charge is 2.30. The maximum atomic E-state index is 13.1. The van der Waals surface area contributed by atoms with Crippen molar-refractivity contribution >= 4 is 39.5 Å². The summed E-state index contributed by atoms with van der Waals surface area (Å²) in [5.74, 6) is 0.265. The van der Waals surface area contributed by atoms with E-state index in [1.807, 2.05) is 0 Å². The molecular formula is C82H160O17P2. The molecule has 0 fully saturated rings. The second-order valence-electron chi connectivity index (χ2n) is 30.7. The Morgan fingerprint density at radius 2 is 0.505 bits per heavy atom. The van der Waals surface area contributed by atoms with E-state index in [0.29, 0.717) is 31.6 Å². The van der Waals surface area contributed by atoms with Gasteiger partial charge in [0.2, 0.25) is 0 Å². The van der Waals surface area contributed by atoms with Gasteiger partial charge in [-0.1, -0.05) is 376 Å². The minimum absolute atomic E-state index is 0.107. The van der Waals surface area contributed by atoms with E-state index in [4.69, 9.17) is 37.0 Å². The molecular weight excluding hydrogens is 1320 g/mol. The summed E-state index contributed by atoms with van der Waals surface area (Å²) < 4.78 is 68.7. The fraction of sp³-hybridized carbons (Fsp3) is 0.951. The van der Waals surface area contributed by atoms with Crippen molar-refractivity contribution in [2.45, 2.75) is 446 Å². The number of aliphatic hydroxyl groups is 1. The van der Waals surface area contributed by atoms with E-state index in [-0.39, 0.29) is 25.7 Å². The molecule has 0 radical (unpaired) electrons. The number of carbonyl (C=O) groups excluding carboxylic acids is 4. The summed E-state index contributed by atoms with van der Waals surface area (Å²) in [5, 5.41) is 10.6. The third kappa shape index (κ3) is 74.7. The van der Waals surface area contributed by atoms with E-state index in [1.165, 1.54) is 231 Å². The quantitative estimate of drug-likeness (QED) is 0.0222. The van der Waals surface area contributed by atoms with Crippen LogP contribution in [0.3, 0.4) is 0 Å². The van der Waals surface area contributed by atoms with Crippen molar-refractivity contribution in [2.24, 2.45) is 17.8 Å². The molecule has 0 aliphatic rings. The van der Waals surface area contributed by atoms with Gasteiger partial charge in [0, 0.05) is 25.7 Å². The Bertz CT molecular complexity index is 1960. The monoisotopic (exact) mass is 1480 g/mol. The lowest BCUT2D eigenvalue weighted by Gasteiger charge is -2.21. The minimum atomic E-state index is -4.96. The van der Waals surface area contributed by atoms with Gasteiger partial charge in [0.05, 0.1) is 26.4 Å². The maximum Gasteiger partial charge on any atom is 0.472 e. The van der Waals surface area contributed by atoms with Crippen LogP contribution in [-0.2, 0) is 65.4 Å². The smallest absolute Gasteiger partial charge is 0.462 e. The lowest BCUT2D eigenvalue weighted by Crippen LogP contribution is -2.30. The summed E-state index contributed by atoms with van der Waals surface area (Å²) in [6.07, 6.45) is 61.1. The molecule has 0 aromatic heterocycles. The van der Waals surface area contributed by atoms with E-state index >= 15 is 0 Å². The Hall–Kier alpha value is -1.94. The number of hydrogen-bond acceptors (Lipinski definition) is 15. The predicted octanol–water partition coefficient (Wildman–Crippen LogP) is 24.5. The Labute approximate surface area is 619 Å². The van der Waals surface area contributed by atoms with Gasteiger partial charge >= 0.3 is 39.5 Å². The van der Waals surface area contributed by atoms with Crippen LogP contribution >= 0.6 is 15.6 Å². The second-order valence-corrected chi connectivity index (χ2v) is 33.6. The fourth-order valence-electron chi connectivity index (χ4n) is 12.6. The Balaban J connectivity index is 5.22. The summed E-state index contributed by atoms with van der Waals surface area (Å²) in [6.45, 7) is 12.0. The van der Waals surface area contributed by atoms with Crippen LogP contribution < -0.4 is 0 Å². The zero-order valence-electron chi connectivity index (χ0n) is 66.4. The van der Waals surface area contributed by atoms with Crippen molar-refractivity contribution < 1.29 is 80.2 Å². The standard InChI is InChI=1S/C82H160O17P2/c1-8-10-11-12-13-14-15-30-36-43-51-58-65-81(86)99-78(70-93-80(85)64-57-50-45-38-40-47-54-61-74(5)6)72-97-101(90,91)95-68-76(83)67-94-100(88,89)96-71-77(69-92-79(84)63-56-49-42-35-31-26-23-22-25-29-34-41-48-55-62-75(7)9-2)98-82(87)66-59-52-44-37-32-27-21-19-17-16-18-20-24-28-33-39-46-53-60-73(3)4/h73-78,83H,8-72H2,1-7H3,(H,88,89)(H,90,91)/t75?,76-,77-,78-/m1/s1. The van der Waals surface area contributed by atoms with Crippen LogP contribution in [0.25, 0.3) is 0 Å². The molecule has 0 rings (SSSR count). The number of hydrogen-bond donors (Lipinski definition) is 3. The summed E-state index contributed by atoms with van der Waals surface area (Å²) in [6, 6.07) is 0. The molecule has 6 atom stereocenters. The van der Waals surface area contributed by atoms with Gasteiger partial charge < -0.3 is 33.8 Å². The van der Waals surface area contributed by atoms with Crippen molar-refractivity contribution in [3.63, 3.8) is 0 Å². The average Bonchev–Trinajstić information content (AvgIpc) is 0.994. The van der Waals surface area contributed by atoms with Crippen LogP contribution in [0.2, 0.25) is 0 Å². The molecule has 0 heterocycles. The van der Waals surface area contributed by atoms with E-state index < -0.39 is 97.5 Å². The first-order valence-corrected chi connectivity index (χ1v) is 45.4. The topological polar surface area (TPSA) is 237 Å². The van der Waals surface area contributed by atoms with Gasteiger partial charge in [-0.3, -0.25) is 37.3 Å². The number of ether oxygens (including phenoxy) is 4. The van der Waals surface area contributed by atoms with E-state index in [0.717, 1.165) is 108 Å². The van der Waals surface area contributed by atoms with Gasteiger partial charge in [0.15, 0.2) is 12.2 Å². The number of phosphoric ester groups is 2. The van der Waals surface area contributed by atoms with Crippen molar-refractivity contribution in [3.05, 3.63) is 0 Å². The highest BCUT2D eigenvalue weighted by atomic mass is 31.2. The normalized spacial score (nSPS) is 14.2. The zero-order chi connectivity index (χ0) is 74.4. The van der Waals surface area contributed by atoms with Gasteiger partial charge in [-0.15, -0.1) is 0 Å². The number of phosphoric acid groups is 2. The first kappa shape index (κ1) is 99.1. The highest BCUT2D eigenvalue weighted by Crippen LogP contribution is 2.45. The molecule has 0 saturated carbocycles. The summed E-state index contributed by atoms with van der Waals surface area (Å²) in [7, 11) is -9.92. The van der Waals surface area contributed by atoms with Crippen LogP contribution in [-0.4, -0.2) is 96.7 Å². The first-order chi connectivity index (χ1) is 48.8. The number of rotatable bonds is 80. The average molecular weight is 1480 g/mol. The minimum Gasteiger partial charge on any atom is -0.462 e. The summed E-state index contributed by atoms with van der Waals surface area (Å²) in [5.41, 5.74) is 0. The van der Waals surface area contributed by atoms with Crippen LogP contribution in [0.5, 0.6) is 0 Å². The largest absolute Gasteiger partial charge is 0.472 e. The maximum absolute atomic E-state index is 13.1. The van der Waals surface area contributed by atoms with Gasteiger partial charge in [-0.05, 0) is 43.4 Å². The number of aliphatic hydroxyl groups excluding tert-OH is 1. The second kappa shape index (κ2) is 72.3. The van der Waals surface area contributed by atoms with Gasteiger partial charge in [-0.25, -0.2) is 9.13 Å². The predicted molar refractivity (Wildman–Crippen MR) is 414 cm³/mol. The van der Waals surface area contributed by atoms with Crippen molar-refractivity contribution in [2.75, 3.05) is 39.6 Å². The molecule has 101 heavy (non-hydrogen) atoms. The van der Waals surface area contributed by atoms with Gasteiger partial charge in [0.25, 0.3) is 0 Å². The van der Waals surface area contributed by atoms with Crippen molar-refractivity contribution in [3.8, 4) is 0 Å². The number of esters is 4. The van der Waals surface area contributed by atoms with E-state index in [9.17, 15) is 43.2 Å². The van der Waals surface area contributed by atoms with E-state index in [1.54, 1.807) is 0 Å². The van der Waals surface area contributed by atoms with Crippen molar-refractivity contribution in [1.82, 2.24) is 0 Å². The lowest BCUT2D eigenvalue weighted by atomic mass is 9.99. The molecule has 0 aromatic rings. The molecule has 0 saturated heterocycles. The van der Waals surface area contributed by atoms with Gasteiger partial charge in [-0.2, -0.15) is 0 Å². The van der Waals surface area contributed by atoms with E-state index in [2.05, 4.69) is 48.5 Å². The Kier molecular flexibility index (Phi) is 70.9. The third-order valence-corrected chi connectivity index (χ3v) is 21.4. The van der Waals surface area contributed by atoms with Gasteiger partial charge in [0.1, 0.15) is 19.3 Å². The molecule has 0 amide bonds. The SMILES string of the molecule is CCCCCCCCCCCCCCC(=O)O[C@H](COC(=O)CCCCCCCCCC(C)C)COP(=O)(O)OC[C@H](O)COP(=O)(O)OC[C@@H](COC(=O)CCCCCCCCCCCCCCCCC(C)CC)OC(=O)CCCCCCCCCCCCCCCCCCCCC(C)C. The molecule has 0 aliphatic carbocycles. The van der Waals surface area contributed by atoms with Crippen LogP contribution in [0.4, 0.5) is 0 Å². The Morgan fingerprint density at radius 3 is 0.752 bits per heavy atom. The molecule has 19 heteroatoms. The highest BCUT2D eigenvalue weighted by molar-refractivity contribution is 7.47. The molecule has 0 aliphatic heterocycles. The fourth-order valence-corrected chi connectivity index (χ4v) is 14.2. The lowest BCUT2D eigenvalue weighted by molar-refractivity contribution is -0.161.